The number of nitrogens with zero attached hydrogens (tertiary/aromatic N) is 2. The maximum Gasteiger partial charge on any atom is 0.201 e. The number of aromatic nitrogens is 3. The highest BCUT2D eigenvalue weighted by Gasteiger charge is 2.04. The van der Waals surface area contributed by atoms with Crippen LogP contribution >= 0.6 is 11.3 Å². The van der Waals surface area contributed by atoms with Crippen molar-refractivity contribution in [1.29, 1.82) is 0 Å². The van der Waals surface area contributed by atoms with Crippen LogP contribution in [0.25, 0.3) is 11.0 Å². The third-order valence-electron chi connectivity index (χ3n) is 2.78. The van der Waals surface area contributed by atoms with Gasteiger partial charge in [-0.3, -0.25) is 0 Å². The molecule has 0 radical (unpaired) electrons. The van der Waals surface area contributed by atoms with Crippen LogP contribution < -0.4 is 5.32 Å². The first-order valence-electron chi connectivity index (χ1n) is 6.01. The van der Waals surface area contributed by atoms with Crippen molar-refractivity contribution in [3.63, 3.8) is 0 Å². The summed E-state index contributed by atoms with van der Waals surface area (Å²) >= 11 is 1.65. The summed E-state index contributed by atoms with van der Waals surface area (Å²) in [6.07, 6.45) is 0.843. The Kier molecular flexibility index (Phi) is 3.16. The minimum atomic E-state index is -0.263. The Bertz CT molecular complexity index is 704. The minimum absolute atomic E-state index is 0.263. The highest BCUT2D eigenvalue weighted by molar-refractivity contribution is 7.09. The molecule has 0 atom stereocenters. The number of halogens is 1. The number of benzene rings is 1. The van der Waals surface area contributed by atoms with E-state index in [-0.39, 0.29) is 5.82 Å². The van der Waals surface area contributed by atoms with Gasteiger partial charge in [0.2, 0.25) is 5.95 Å². The summed E-state index contributed by atoms with van der Waals surface area (Å²) in [6, 6.07) is 4.51. The van der Waals surface area contributed by atoms with Crippen molar-refractivity contribution in [3.8, 4) is 0 Å². The lowest BCUT2D eigenvalue weighted by Gasteiger charge is -1.99. The summed E-state index contributed by atoms with van der Waals surface area (Å²) in [5.74, 6) is 0.396. The highest BCUT2D eigenvalue weighted by atomic mass is 32.1. The molecule has 2 aromatic heterocycles. The molecule has 0 amide bonds. The predicted octanol–water partition coefficient (Wildman–Crippen LogP) is 3.12. The molecule has 19 heavy (non-hydrogen) atoms. The van der Waals surface area contributed by atoms with Crippen LogP contribution in [-0.4, -0.2) is 21.5 Å². The summed E-state index contributed by atoms with van der Waals surface area (Å²) in [4.78, 5) is 11.8. The SMILES string of the molecule is Cc1nc(CCNc2nc3ccc(F)cc3[nH]2)cs1. The Morgan fingerprint density at radius 1 is 1.37 bits per heavy atom. The van der Waals surface area contributed by atoms with Crippen molar-refractivity contribution in [2.45, 2.75) is 13.3 Å². The molecule has 0 aliphatic carbocycles. The lowest BCUT2D eigenvalue weighted by atomic mass is 10.3. The van der Waals surface area contributed by atoms with E-state index in [2.05, 4.69) is 25.6 Å². The van der Waals surface area contributed by atoms with E-state index in [1.807, 2.05) is 6.92 Å². The van der Waals surface area contributed by atoms with Gasteiger partial charge in [0.05, 0.1) is 21.7 Å². The van der Waals surface area contributed by atoms with Gasteiger partial charge in [-0.2, -0.15) is 0 Å². The van der Waals surface area contributed by atoms with Crippen LogP contribution in [0.15, 0.2) is 23.6 Å². The summed E-state index contributed by atoms with van der Waals surface area (Å²) in [7, 11) is 0. The van der Waals surface area contributed by atoms with Gasteiger partial charge in [-0.25, -0.2) is 14.4 Å². The standard InChI is InChI=1S/C13H13FN4S/c1-8-16-10(7-19-8)4-5-15-13-17-11-3-2-9(14)6-12(11)18-13/h2-3,6-7H,4-5H2,1H3,(H2,15,17,18). The summed E-state index contributed by atoms with van der Waals surface area (Å²) in [6.45, 7) is 2.74. The van der Waals surface area contributed by atoms with Crippen molar-refractivity contribution in [1.82, 2.24) is 15.0 Å². The number of hydrogen-bond donors (Lipinski definition) is 2. The lowest BCUT2D eigenvalue weighted by molar-refractivity contribution is 0.629. The molecular weight excluding hydrogens is 263 g/mol. The largest absolute Gasteiger partial charge is 0.355 e. The monoisotopic (exact) mass is 276 g/mol. The first-order chi connectivity index (χ1) is 9.20. The van der Waals surface area contributed by atoms with Crippen LogP contribution in [0.3, 0.4) is 0 Å². The quantitative estimate of drug-likeness (QED) is 0.769. The Morgan fingerprint density at radius 3 is 3.05 bits per heavy atom. The van der Waals surface area contributed by atoms with Crippen LogP contribution in [0.5, 0.6) is 0 Å². The number of rotatable bonds is 4. The van der Waals surface area contributed by atoms with Crippen molar-refractivity contribution in [3.05, 3.63) is 40.1 Å². The van der Waals surface area contributed by atoms with Gasteiger partial charge in [0, 0.05) is 18.3 Å². The van der Waals surface area contributed by atoms with E-state index >= 15 is 0 Å². The zero-order chi connectivity index (χ0) is 13.2. The smallest absolute Gasteiger partial charge is 0.201 e. The molecule has 0 unspecified atom stereocenters. The topological polar surface area (TPSA) is 53.6 Å². The summed E-state index contributed by atoms with van der Waals surface area (Å²) < 4.78 is 13.0. The van der Waals surface area contributed by atoms with Crippen LogP contribution in [-0.2, 0) is 6.42 Å². The van der Waals surface area contributed by atoms with Crippen LogP contribution in [0.2, 0.25) is 0 Å². The molecule has 3 aromatic rings. The van der Waals surface area contributed by atoms with Gasteiger partial charge < -0.3 is 10.3 Å². The molecule has 0 fully saturated rings. The van der Waals surface area contributed by atoms with Crippen LogP contribution in [0.1, 0.15) is 10.7 Å². The molecule has 0 aliphatic heterocycles. The maximum absolute atomic E-state index is 13.0. The zero-order valence-corrected chi connectivity index (χ0v) is 11.2. The van der Waals surface area contributed by atoms with E-state index in [0.29, 0.717) is 11.5 Å². The van der Waals surface area contributed by atoms with Gasteiger partial charge in [-0.05, 0) is 25.1 Å². The number of nitrogens with one attached hydrogen (secondary N) is 2. The van der Waals surface area contributed by atoms with Gasteiger partial charge in [-0.1, -0.05) is 0 Å². The van der Waals surface area contributed by atoms with Crippen molar-refractivity contribution in [2.75, 3.05) is 11.9 Å². The molecule has 0 saturated carbocycles. The van der Waals surface area contributed by atoms with Crippen molar-refractivity contribution in [2.24, 2.45) is 0 Å². The molecular formula is C13H13FN4S. The number of hydrogen-bond acceptors (Lipinski definition) is 4. The van der Waals surface area contributed by atoms with E-state index in [0.717, 1.165) is 29.2 Å². The molecule has 2 N–H and O–H groups in total. The summed E-state index contributed by atoms with van der Waals surface area (Å²) in [5, 5.41) is 6.33. The predicted molar refractivity (Wildman–Crippen MR) is 75.1 cm³/mol. The van der Waals surface area contributed by atoms with Crippen LogP contribution in [0.4, 0.5) is 10.3 Å². The molecule has 3 rings (SSSR count). The first-order valence-corrected chi connectivity index (χ1v) is 6.89. The van der Waals surface area contributed by atoms with Gasteiger partial charge in [0.15, 0.2) is 0 Å². The second kappa shape index (κ2) is 4.97. The Balaban J connectivity index is 1.65. The fourth-order valence-corrected chi connectivity index (χ4v) is 2.54. The maximum atomic E-state index is 13.0. The Labute approximate surface area is 113 Å². The second-order valence-corrected chi connectivity index (χ2v) is 5.34. The van der Waals surface area contributed by atoms with Gasteiger partial charge >= 0.3 is 0 Å². The number of aromatic amines is 1. The molecule has 98 valence electrons. The minimum Gasteiger partial charge on any atom is -0.355 e. The second-order valence-electron chi connectivity index (χ2n) is 4.28. The normalized spacial score (nSPS) is 11.1. The van der Waals surface area contributed by atoms with E-state index in [1.165, 1.54) is 12.1 Å². The van der Waals surface area contributed by atoms with Gasteiger partial charge in [-0.15, -0.1) is 11.3 Å². The Morgan fingerprint density at radius 2 is 2.26 bits per heavy atom. The molecule has 4 nitrogen and oxygen atoms in total. The molecule has 2 heterocycles. The number of fused-ring (bicyclic) bond motifs is 1. The third kappa shape index (κ3) is 2.73. The fourth-order valence-electron chi connectivity index (χ4n) is 1.90. The summed E-state index contributed by atoms with van der Waals surface area (Å²) in [5.41, 5.74) is 2.54. The third-order valence-corrected chi connectivity index (χ3v) is 3.61. The molecule has 0 spiro atoms. The van der Waals surface area contributed by atoms with Crippen LogP contribution in [0, 0.1) is 12.7 Å². The molecule has 1 aromatic carbocycles. The number of anilines is 1. The first kappa shape index (κ1) is 12.1. The molecule has 0 aliphatic rings. The van der Waals surface area contributed by atoms with Gasteiger partial charge in [0.25, 0.3) is 0 Å². The van der Waals surface area contributed by atoms with Crippen molar-refractivity contribution >= 4 is 28.3 Å². The van der Waals surface area contributed by atoms with E-state index in [4.69, 9.17) is 0 Å². The Hall–Kier alpha value is -1.95. The van der Waals surface area contributed by atoms with Gasteiger partial charge in [0.1, 0.15) is 5.82 Å². The molecule has 0 bridgehead atoms. The average molecular weight is 276 g/mol. The zero-order valence-electron chi connectivity index (χ0n) is 10.4. The van der Waals surface area contributed by atoms with Crippen molar-refractivity contribution < 1.29 is 4.39 Å². The number of aryl methyl sites for hydroxylation is 1. The fraction of sp³-hybridized carbons (Fsp3) is 0.231. The molecule has 6 heteroatoms. The number of H-pyrrole nitrogens is 1. The number of thiazole rings is 1. The molecule has 0 saturated heterocycles. The van der Waals surface area contributed by atoms with E-state index in [1.54, 1.807) is 17.4 Å². The lowest BCUT2D eigenvalue weighted by Crippen LogP contribution is -2.06. The highest BCUT2D eigenvalue weighted by Crippen LogP contribution is 2.15. The van der Waals surface area contributed by atoms with E-state index in [9.17, 15) is 4.39 Å². The van der Waals surface area contributed by atoms with E-state index < -0.39 is 0 Å². The average Bonchev–Trinajstić information content (AvgIpc) is 2.95. The number of imidazole rings is 1.